The number of rotatable bonds is 2. The number of halogens is 1. The summed E-state index contributed by atoms with van der Waals surface area (Å²) in [6, 6.07) is 7.48. The number of hydrogen-bond acceptors (Lipinski definition) is 4. The van der Waals surface area contributed by atoms with E-state index in [1.165, 1.54) is 0 Å². The molecule has 2 rings (SSSR count). The second-order valence-corrected chi connectivity index (χ2v) is 4.45. The molecule has 0 bridgehead atoms. The van der Waals surface area contributed by atoms with Gasteiger partial charge in [-0.05, 0) is 29.9 Å². The van der Waals surface area contributed by atoms with Gasteiger partial charge < -0.3 is 16.5 Å². The van der Waals surface area contributed by atoms with Crippen molar-refractivity contribution in [2.45, 2.75) is 6.42 Å². The number of benzene rings is 1. The normalized spacial score (nSPS) is 9.83. The molecular weight excluding hydrogens is 295 g/mol. The Hall–Kier alpha value is 0.0464. The first-order chi connectivity index (χ1) is 8.06. The third kappa shape index (κ3) is 4.02. The maximum atomic E-state index is 5.83. The van der Waals surface area contributed by atoms with Gasteiger partial charge >= 0.3 is 0 Å². The van der Waals surface area contributed by atoms with Crippen LogP contribution in [0.5, 0.6) is 0 Å². The van der Waals surface area contributed by atoms with Crippen molar-refractivity contribution in [3.63, 3.8) is 0 Å². The van der Waals surface area contributed by atoms with Crippen LogP contribution in [-0.2, 0) is 6.42 Å². The van der Waals surface area contributed by atoms with Gasteiger partial charge in [-0.2, -0.15) is 0 Å². The van der Waals surface area contributed by atoms with Crippen molar-refractivity contribution in [3.05, 3.63) is 45.2 Å². The molecule has 0 saturated carbocycles. The first kappa shape index (κ1) is 16.1. The average molecular weight is 306 g/mol. The van der Waals surface area contributed by atoms with Gasteiger partial charge in [0.25, 0.3) is 0 Å². The number of nitrogens with one attached hydrogen (secondary N) is 1. The van der Waals surface area contributed by atoms with E-state index in [0.29, 0.717) is 27.9 Å². The van der Waals surface area contributed by atoms with Crippen LogP contribution < -0.4 is 11.5 Å². The molecule has 18 heavy (non-hydrogen) atoms. The summed E-state index contributed by atoms with van der Waals surface area (Å²) in [6.45, 7) is 0. The van der Waals surface area contributed by atoms with Gasteiger partial charge in [-0.25, -0.2) is 4.98 Å². The van der Waals surface area contributed by atoms with E-state index in [1.807, 2.05) is 24.3 Å². The molecule has 0 unspecified atom stereocenters. The number of nitrogens with two attached hydrogens (primary N) is 2. The zero-order valence-corrected chi connectivity index (χ0v) is 14.6. The maximum absolute atomic E-state index is 5.83. The minimum atomic E-state index is 0. The Morgan fingerprint density at radius 3 is 2.39 bits per heavy atom. The van der Waals surface area contributed by atoms with Gasteiger partial charge in [-0.15, -0.1) is 0 Å². The summed E-state index contributed by atoms with van der Waals surface area (Å²) in [5, 5.41) is 0.695. The molecule has 0 spiro atoms. The third-order valence-corrected chi connectivity index (χ3v) is 2.84. The van der Waals surface area contributed by atoms with Gasteiger partial charge in [-0.3, -0.25) is 0 Å². The maximum Gasteiger partial charge on any atom is 0.200 e. The number of H-pyrrole nitrogens is 1. The minimum Gasteiger partial charge on any atom is -0.385 e. The number of nitrogen functional groups attached to an aromatic ring is 2. The van der Waals surface area contributed by atoms with Crippen LogP contribution in [0.1, 0.15) is 11.1 Å². The number of aromatic nitrogens is 2. The summed E-state index contributed by atoms with van der Waals surface area (Å²) in [5.41, 5.74) is 13.4. The molecule has 89 valence electrons. The standard InChI is InChI=1S/C11H11ClN4S.K/c12-7-3-1-6(2-4-7)5-8-9(13)15-11(17)16-10(8)14;/h1-4H,5H2,(H5,13,14,15,16,17);. The molecule has 5 N–H and O–H groups in total. The molecule has 1 radical (unpaired) electrons. The summed E-state index contributed by atoms with van der Waals surface area (Å²) < 4.78 is 0.292. The van der Waals surface area contributed by atoms with Crippen molar-refractivity contribution in [1.82, 2.24) is 9.97 Å². The molecular formula is C11H11ClKN4S. The first-order valence-corrected chi connectivity index (χ1v) is 5.73. The van der Waals surface area contributed by atoms with Gasteiger partial charge in [0.05, 0.1) is 0 Å². The van der Waals surface area contributed by atoms with E-state index in [9.17, 15) is 0 Å². The second-order valence-electron chi connectivity index (χ2n) is 3.62. The molecule has 4 nitrogen and oxygen atoms in total. The molecule has 1 aromatic heterocycles. The molecule has 0 fully saturated rings. The Kier molecular flexibility index (Phi) is 6.26. The van der Waals surface area contributed by atoms with Gasteiger partial charge in [0.1, 0.15) is 11.6 Å². The van der Waals surface area contributed by atoms with Crippen LogP contribution in [-0.4, -0.2) is 61.4 Å². The predicted octanol–water partition coefficient (Wildman–Crippen LogP) is 2.17. The van der Waals surface area contributed by atoms with E-state index in [0.717, 1.165) is 11.1 Å². The molecule has 1 aromatic carbocycles. The molecule has 2 aromatic rings. The molecule has 0 saturated heterocycles. The second kappa shape index (κ2) is 7.00. The fourth-order valence-electron chi connectivity index (χ4n) is 1.53. The summed E-state index contributed by atoms with van der Waals surface area (Å²) in [4.78, 5) is 6.77. The number of aromatic amines is 1. The molecule has 0 aliphatic heterocycles. The van der Waals surface area contributed by atoms with Crippen molar-refractivity contribution in [3.8, 4) is 0 Å². The number of hydrogen-bond donors (Lipinski definition) is 3. The minimum absolute atomic E-state index is 0. The Morgan fingerprint density at radius 2 is 1.83 bits per heavy atom. The molecule has 0 aliphatic rings. The van der Waals surface area contributed by atoms with Crippen LogP contribution in [0.15, 0.2) is 24.3 Å². The van der Waals surface area contributed by atoms with Crippen molar-refractivity contribution < 1.29 is 0 Å². The fourth-order valence-corrected chi connectivity index (χ4v) is 1.86. The molecule has 7 heteroatoms. The summed E-state index contributed by atoms with van der Waals surface area (Å²) in [6.07, 6.45) is 0.591. The summed E-state index contributed by atoms with van der Waals surface area (Å²) >= 11 is 10.7. The van der Waals surface area contributed by atoms with Crippen molar-refractivity contribution >= 4 is 86.8 Å². The van der Waals surface area contributed by atoms with Gasteiger partial charge in [-0.1, -0.05) is 23.7 Å². The monoisotopic (exact) mass is 305 g/mol. The number of anilines is 2. The first-order valence-electron chi connectivity index (χ1n) is 4.95. The Balaban J connectivity index is 0.00000162. The van der Waals surface area contributed by atoms with Crippen molar-refractivity contribution in [1.29, 1.82) is 0 Å². The van der Waals surface area contributed by atoms with E-state index in [-0.39, 0.29) is 51.4 Å². The van der Waals surface area contributed by atoms with Crippen LogP contribution in [0, 0.1) is 4.77 Å². The van der Waals surface area contributed by atoms with Crippen LogP contribution in [0.25, 0.3) is 0 Å². The largest absolute Gasteiger partial charge is 0.385 e. The topological polar surface area (TPSA) is 80.7 Å². The number of nitrogens with zero attached hydrogens (tertiary/aromatic N) is 1. The summed E-state index contributed by atoms with van der Waals surface area (Å²) in [7, 11) is 0. The van der Waals surface area contributed by atoms with E-state index in [1.54, 1.807) is 0 Å². The summed E-state index contributed by atoms with van der Waals surface area (Å²) in [5.74, 6) is 0.818. The van der Waals surface area contributed by atoms with E-state index < -0.39 is 0 Å². The molecule has 0 atom stereocenters. The van der Waals surface area contributed by atoms with Crippen molar-refractivity contribution in [2.24, 2.45) is 0 Å². The predicted molar refractivity (Wildman–Crippen MR) is 78.3 cm³/mol. The fraction of sp³-hybridized carbons (Fsp3) is 0.0909. The van der Waals surface area contributed by atoms with Crippen LogP contribution >= 0.6 is 23.8 Å². The Labute approximate surface area is 158 Å². The SMILES string of the molecule is Nc1nc(=S)[nH]c(N)c1Cc1ccc(Cl)cc1.[K]. The zero-order valence-electron chi connectivity index (χ0n) is 9.90. The smallest absolute Gasteiger partial charge is 0.200 e. The zero-order chi connectivity index (χ0) is 12.4. The van der Waals surface area contributed by atoms with Crippen LogP contribution in [0.4, 0.5) is 11.6 Å². The molecule has 1 heterocycles. The molecule has 0 aliphatic carbocycles. The van der Waals surface area contributed by atoms with E-state index in [4.69, 9.17) is 35.3 Å². The van der Waals surface area contributed by atoms with E-state index >= 15 is 0 Å². The average Bonchev–Trinajstić information content (AvgIpc) is 2.26. The van der Waals surface area contributed by atoms with Gasteiger partial charge in [0, 0.05) is 68.4 Å². The van der Waals surface area contributed by atoms with E-state index in [2.05, 4.69) is 9.97 Å². The third-order valence-electron chi connectivity index (χ3n) is 2.39. The molecule has 0 amide bonds. The van der Waals surface area contributed by atoms with Crippen molar-refractivity contribution in [2.75, 3.05) is 11.5 Å². The van der Waals surface area contributed by atoms with Gasteiger partial charge in [0.15, 0.2) is 4.77 Å². The Morgan fingerprint density at radius 1 is 1.22 bits per heavy atom. The van der Waals surface area contributed by atoms with Crippen LogP contribution in [0.3, 0.4) is 0 Å². The quantitative estimate of drug-likeness (QED) is 0.587. The van der Waals surface area contributed by atoms with Gasteiger partial charge in [0.2, 0.25) is 0 Å². The Bertz CT molecular complexity index is 571. The van der Waals surface area contributed by atoms with Crippen LogP contribution in [0.2, 0.25) is 5.02 Å².